The first-order valence-electron chi connectivity index (χ1n) is 5.93. The second-order valence-corrected chi connectivity index (χ2v) is 4.06. The molecule has 0 radical (unpaired) electrons. The Morgan fingerprint density at radius 2 is 2.16 bits per heavy atom. The van der Waals surface area contributed by atoms with Gasteiger partial charge >= 0.3 is 0 Å². The molecule has 0 aliphatic rings. The van der Waals surface area contributed by atoms with Crippen LogP contribution in [0.2, 0.25) is 0 Å². The minimum absolute atomic E-state index is 0.152. The number of rotatable bonds is 2. The van der Waals surface area contributed by atoms with E-state index in [2.05, 4.69) is 20.2 Å². The van der Waals surface area contributed by atoms with Gasteiger partial charge in [-0.1, -0.05) is 6.92 Å². The zero-order valence-corrected chi connectivity index (χ0v) is 10.3. The van der Waals surface area contributed by atoms with Gasteiger partial charge in [-0.05, 0) is 6.07 Å². The Balaban J connectivity index is 2.23. The van der Waals surface area contributed by atoms with Crippen LogP contribution in [0.25, 0.3) is 16.6 Å². The van der Waals surface area contributed by atoms with Crippen LogP contribution in [0.1, 0.15) is 12.7 Å². The van der Waals surface area contributed by atoms with Gasteiger partial charge in [-0.25, -0.2) is 9.97 Å². The van der Waals surface area contributed by atoms with Gasteiger partial charge in [0, 0.05) is 30.3 Å². The number of aryl methyl sites for hydroxylation is 1. The van der Waals surface area contributed by atoms with Crippen molar-refractivity contribution in [3.05, 3.63) is 53.1 Å². The highest BCUT2D eigenvalue weighted by Gasteiger charge is 2.05. The molecule has 3 heterocycles. The van der Waals surface area contributed by atoms with Gasteiger partial charge in [-0.2, -0.15) is 10.2 Å². The number of pyridine rings is 1. The Morgan fingerprint density at radius 1 is 1.26 bits per heavy atom. The lowest BCUT2D eigenvalue weighted by Gasteiger charge is -2.06. The fourth-order valence-corrected chi connectivity index (χ4v) is 1.85. The van der Waals surface area contributed by atoms with E-state index in [4.69, 9.17) is 0 Å². The second-order valence-electron chi connectivity index (χ2n) is 4.06. The third kappa shape index (κ3) is 2.08. The van der Waals surface area contributed by atoms with Crippen molar-refractivity contribution in [3.8, 4) is 5.69 Å². The van der Waals surface area contributed by atoms with Crippen LogP contribution in [0.15, 0.2) is 41.7 Å². The largest absolute Gasteiger partial charge is 0.282 e. The highest BCUT2D eigenvalue weighted by Crippen LogP contribution is 2.10. The van der Waals surface area contributed by atoms with E-state index >= 15 is 0 Å². The van der Waals surface area contributed by atoms with Gasteiger partial charge in [0.15, 0.2) is 0 Å². The van der Waals surface area contributed by atoms with E-state index < -0.39 is 0 Å². The number of nitrogens with zero attached hydrogens (tertiary/aromatic N) is 5. The molecule has 0 fully saturated rings. The molecular weight excluding hydrogens is 242 g/mol. The Labute approximate surface area is 108 Å². The summed E-state index contributed by atoms with van der Waals surface area (Å²) >= 11 is 0. The van der Waals surface area contributed by atoms with Crippen LogP contribution in [-0.2, 0) is 6.42 Å². The third-order valence-corrected chi connectivity index (χ3v) is 2.83. The van der Waals surface area contributed by atoms with Crippen LogP contribution in [0.5, 0.6) is 0 Å². The minimum Gasteiger partial charge on any atom is -0.282 e. The highest BCUT2D eigenvalue weighted by atomic mass is 16.1. The van der Waals surface area contributed by atoms with E-state index in [1.165, 1.54) is 16.8 Å². The first-order chi connectivity index (χ1) is 9.28. The molecule has 3 aromatic heterocycles. The molecule has 6 nitrogen and oxygen atoms in total. The van der Waals surface area contributed by atoms with Gasteiger partial charge in [0.25, 0.3) is 5.56 Å². The molecule has 0 unspecified atom stereocenters. The lowest BCUT2D eigenvalue weighted by atomic mass is 10.3. The monoisotopic (exact) mass is 253 g/mol. The smallest absolute Gasteiger partial charge is 0.257 e. The summed E-state index contributed by atoms with van der Waals surface area (Å²) in [5.41, 5.74) is 1.18. The van der Waals surface area contributed by atoms with Gasteiger partial charge < -0.3 is 0 Å². The summed E-state index contributed by atoms with van der Waals surface area (Å²) in [4.78, 5) is 20.7. The minimum atomic E-state index is -0.152. The van der Waals surface area contributed by atoms with Crippen LogP contribution in [0, 0.1) is 0 Å². The zero-order valence-electron chi connectivity index (χ0n) is 10.3. The van der Waals surface area contributed by atoms with Crippen molar-refractivity contribution in [2.24, 2.45) is 0 Å². The molecular formula is C13H11N5O. The average molecular weight is 253 g/mol. The first kappa shape index (κ1) is 11.5. The van der Waals surface area contributed by atoms with Crippen molar-refractivity contribution >= 4 is 10.9 Å². The molecule has 0 atom stereocenters. The summed E-state index contributed by atoms with van der Waals surface area (Å²) in [6.45, 7) is 1.98. The van der Waals surface area contributed by atoms with E-state index in [0.717, 1.165) is 17.6 Å². The molecule has 0 aromatic carbocycles. The maximum atomic E-state index is 12.1. The van der Waals surface area contributed by atoms with Crippen molar-refractivity contribution in [3.63, 3.8) is 0 Å². The van der Waals surface area contributed by atoms with Crippen LogP contribution < -0.4 is 5.56 Å². The van der Waals surface area contributed by atoms with Crippen molar-refractivity contribution in [1.29, 1.82) is 0 Å². The van der Waals surface area contributed by atoms with E-state index in [1.54, 1.807) is 24.7 Å². The van der Waals surface area contributed by atoms with Gasteiger partial charge in [0.05, 0.1) is 23.6 Å². The molecule has 19 heavy (non-hydrogen) atoms. The summed E-state index contributed by atoms with van der Waals surface area (Å²) in [5, 5.41) is 8.28. The van der Waals surface area contributed by atoms with Crippen LogP contribution >= 0.6 is 0 Å². The summed E-state index contributed by atoms with van der Waals surface area (Å²) < 4.78 is 1.51. The fraction of sp³-hybridized carbons (Fsp3) is 0.154. The lowest BCUT2D eigenvalue weighted by molar-refractivity contribution is 0.931. The van der Waals surface area contributed by atoms with E-state index in [0.29, 0.717) is 11.2 Å². The highest BCUT2D eigenvalue weighted by molar-refractivity contribution is 5.76. The topological polar surface area (TPSA) is 73.6 Å². The Bertz CT molecular complexity index is 782. The molecule has 0 saturated carbocycles. The summed E-state index contributed by atoms with van der Waals surface area (Å²) in [6.07, 6.45) is 7.27. The van der Waals surface area contributed by atoms with Crippen molar-refractivity contribution in [1.82, 2.24) is 24.7 Å². The summed E-state index contributed by atoms with van der Waals surface area (Å²) in [5.74, 6) is 0.732. The molecule has 0 saturated heterocycles. The predicted molar refractivity (Wildman–Crippen MR) is 70.1 cm³/mol. The molecule has 0 aliphatic carbocycles. The van der Waals surface area contributed by atoms with Crippen molar-refractivity contribution < 1.29 is 0 Å². The van der Waals surface area contributed by atoms with Gasteiger partial charge in [0.1, 0.15) is 5.82 Å². The number of fused-ring (bicyclic) bond motifs is 1. The Morgan fingerprint density at radius 3 is 2.89 bits per heavy atom. The maximum absolute atomic E-state index is 12.1. The number of hydrogen-bond acceptors (Lipinski definition) is 5. The van der Waals surface area contributed by atoms with Gasteiger partial charge in [-0.3, -0.25) is 9.36 Å². The van der Waals surface area contributed by atoms with E-state index in [-0.39, 0.29) is 5.56 Å². The SMILES string of the molecule is CCc1ncc2cn(-c3ccnnc3)c(=O)cc2n1. The molecule has 94 valence electrons. The molecule has 0 spiro atoms. The van der Waals surface area contributed by atoms with Gasteiger partial charge in [-0.15, -0.1) is 0 Å². The third-order valence-electron chi connectivity index (χ3n) is 2.83. The van der Waals surface area contributed by atoms with Crippen molar-refractivity contribution in [2.75, 3.05) is 0 Å². The van der Waals surface area contributed by atoms with E-state index in [1.807, 2.05) is 6.92 Å². The molecule has 3 aromatic rings. The predicted octanol–water partition coefficient (Wildman–Crippen LogP) is 1.13. The first-order valence-corrected chi connectivity index (χ1v) is 5.93. The van der Waals surface area contributed by atoms with Crippen LogP contribution in [0.3, 0.4) is 0 Å². The normalized spacial score (nSPS) is 10.8. The molecule has 0 amide bonds. The number of hydrogen-bond donors (Lipinski definition) is 0. The molecule has 0 bridgehead atoms. The lowest BCUT2D eigenvalue weighted by Crippen LogP contribution is -2.17. The zero-order chi connectivity index (χ0) is 13.2. The Kier molecular flexibility index (Phi) is 2.75. The average Bonchev–Trinajstić information content (AvgIpc) is 2.47. The number of aromatic nitrogens is 5. The van der Waals surface area contributed by atoms with Crippen LogP contribution in [0.4, 0.5) is 0 Å². The summed E-state index contributed by atoms with van der Waals surface area (Å²) in [6, 6.07) is 3.23. The van der Waals surface area contributed by atoms with E-state index in [9.17, 15) is 4.79 Å². The second kappa shape index (κ2) is 4.56. The quantitative estimate of drug-likeness (QED) is 0.684. The standard InChI is InChI=1S/C13H11N5O/c1-2-12-14-6-9-8-18(10-3-4-15-16-7-10)13(19)5-11(9)17-12/h3-8H,2H2,1H3. The summed E-state index contributed by atoms with van der Waals surface area (Å²) in [7, 11) is 0. The fourth-order valence-electron chi connectivity index (χ4n) is 1.85. The van der Waals surface area contributed by atoms with Gasteiger partial charge in [0.2, 0.25) is 0 Å². The van der Waals surface area contributed by atoms with Crippen LogP contribution in [-0.4, -0.2) is 24.7 Å². The molecule has 0 N–H and O–H groups in total. The van der Waals surface area contributed by atoms with Crippen molar-refractivity contribution in [2.45, 2.75) is 13.3 Å². The maximum Gasteiger partial charge on any atom is 0.257 e. The molecule has 3 rings (SSSR count). The Hall–Kier alpha value is -2.63. The molecule has 0 aliphatic heterocycles. The molecule has 6 heteroatoms.